The van der Waals surface area contributed by atoms with Crippen molar-refractivity contribution in [3.63, 3.8) is 0 Å². The van der Waals surface area contributed by atoms with Crippen molar-refractivity contribution in [1.29, 1.82) is 5.26 Å². The fourth-order valence-electron chi connectivity index (χ4n) is 1.86. The molecular formula is C15H10N4. The minimum Gasteiger partial charge on any atom is -0.337 e. The Bertz CT molecular complexity index is 746. The van der Waals surface area contributed by atoms with Crippen LogP contribution in [0.2, 0.25) is 0 Å². The van der Waals surface area contributed by atoms with Crippen LogP contribution >= 0.6 is 0 Å². The SMILES string of the molecule is N#C/C(=C\c1ccncc1)c1nc2ccccc2[nH]1. The summed E-state index contributed by atoms with van der Waals surface area (Å²) in [5, 5.41) is 9.27. The van der Waals surface area contributed by atoms with E-state index in [1.807, 2.05) is 36.4 Å². The van der Waals surface area contributed by atoms with Crippen molar-refractivity contribution in [2.75, 3.05) is 0 Å². The van der Waals surface area contributed by atoms with Crippen LogP contribution < -0.4 is 0 Å². The van der Waals surface area contributed by atoms with Gasteiger partial charge >= 0.3 is 0 Å². The van der Waals surface area contributed by atoms with Crippen LogP contribution in [0, 0.1) is 11.3 Å². The molecule has 4 nitrogen and oxygen atoms in total. The number of aromatic amines is 1. The lowest BCUT2D eigenvalue weighted by Crippen LogP contribution is -1.85. The Balaban J connectivity index is 2.08. The van der Waals surface area contributed by atoms with Gasteiger partial charge in [-0.25, -0.2) is 4.98 Å². The van der Waals surface area contributed by atoms with E-state index >= 15 is 0 Å². The minimum atomic E-state index is 0.502. The monoisotopic (exact) mass is 246 g/mol. The zero-order valence-electron chi connectivity index (χ0n) is 10.0. The first-order chi connectivity index (χ1) is 9.36. The third-order valence-electron chi connectivity index (χ3n) is 2.78. The smallest absolute Gasteiger partial charge is 0.149 e. The van der Waals surface area contributed by atoms with Gasteiger partial charge in [-0.1, -0.05) is 12.1 Å². The second-order valence-electron chi connectivity index (χ2n) is 4.05. The summed E-state index contributed by atoms with van der Waals surface area (Å²) >= 11 is 0. The van der Waals surface area contributed by atoms with Crippen LogP contribution in [0.1, 0.15) is 11.4 Å². The van der Waals surface area contributed by atoms with Gasteiger partial charge in [-0.15, -0.1) is 0 Å². The van der Waals surface area contributed by atoms with E-state index in [1.54, 1.807) is 18.5 Å². The van der Waals surface area contributed by atoms with Crippen LogP contribution in [0.5, 0.6) is 0 Å². The van der Waals surface area contributed by atoms with E-state index in [0.717, 1.165) is 16.6 Å². The number of benzene rings is 1. The number of aromatic nitrogens is 3. The molecule has 0 saturated heterocycles. The molecule has 19 heavy (non-hydrogen) atoms. The molecule has 4 heteroatoms. The average Bonchev–Trinajstić information content (AvgIpc) is 2.89. The van der Waals surface area contributed by atoms with Gasteiger partial charge in [0.2, 0.25) is 0 Å². The number of para-hydroxylation sites is 2. The molecule has 0 fully saturated rings. The number of fused-ring (bicyclic) bond motifs is 1. The molecule has 0 unspecified atom stereocenters. The molecule has 0 aliphatic heterocycles. The molecule has 2 heterocycles. The Hall–Kier alpha value is -2.93. The van der Waals surface area contributed by atoms with E-state index in [0.29, 0.717) is 11.4 Å². The Morgan fingerprint density at radius 1 is 1.16 bits per heavy atom. The molecule has 3 rings (SSSR count). The lowest BCUT2D eigenvalue weighted by molar-refractivity contribution is 1.27. The van der Waals surface area contributed by atoms with E-state index in [4.69, 9.17) is 0 Å². The number of pyridine rings is 1. The maximum Gasteiger partial charge on any atom is 0.149 e. The Morgan fingerprint density at radius 3 is 2.68 bits per heavy atom. The number of nitrogens with zero attached hydrogens (tertiary/aromatic N) is 3. The van der Waals surface area contributed by atoms with E-state index in [9.17, 15) is 5.26 Å². The van der Waals surface area contributed by atoms with E-state index in [2.05, 4.69) is 21.0 Å². The van der Waals surface area contributed by atoms with E-state index < -0.39 is 0 Å². The first-order valence-corrected chi connectivity index (χ1v) is 5.84. The zero-order valence-corrected chi connectivity index (χ0v) is 10.0. The van der Waals surface area contributed by atoms with Gasteiger partial charge in [-0.05, 0) is 35.9 Å². The van der Waals surface area contributed by atoms with Crippen molar-refractivity contribution in [2.24, 2.45) is 0 Å². The molecule has 0 radical (unpaired) electrons. The third kappa shape index (κ3) is 2.22. The van der Waals surface area contributed by atoms with Crippen LogP contribution in [0.3, 0.4) is 0 Å². The fraction of sp³-hybridized carbons (Fsp3) is 0. The number of hydrogen-bond acceptors (Lipinski definition) is 3. The van der Waals surface area contributed by atoms with Gasteiger partial charge in [0.05, 0.1) is 16.6 Å². The molecule has 0 bridgehead atoms. The standard InChI is InChI=1S/C15H10N4/c16-10-12(9-11-5-7-17-8-6-11)15-18-13-3-1-2-4-14(13)19-15/h1-9H,(H,18,19)/b12-9+. The lowest BCUT2D eigenvalue weighted by atomic mass is 10.1. The summed E-state index contributed by atoms with van der Waals surface area (Å²) in [6.07, 6.45) is 5.18. The van der Waals surface area contributed by atoms with Gasteiger partial charge in [0.1, 0.15) is 11.9 Å². The van der Waals surface area contributed by atoms with Crippen LogP contribution in [0.4, 0.5) is 0 Å². The molecule has 0 spiro atoms. The maximum absolute atomic E-state index is 9.27. The molecule has 0 aliphatic carbocycles. The summed E-state index contributed by atoms with van der Waals surface area (Å²) in [5.41, 5.74) is 3.20. The molecule has 1 N–H and O–H groups in total. The summed E-state index contributed by atoms with van der Waals surface area (Å²) in [6, 6.07) is 13.6. The largest absolute Gasteiger partial charge is 0.337 e. The number of allylic oxidation sites excluding steroid dienone is 1. The Kier molecular flexibility index (Phi) is 2.79. The number of nitrogens with one attached hydrogen (secondary N) is 1. The topological polar surface area (TPSA) is 65.4 Å². The van der Waals surface area contributed by atoms with Crippen LogP contribution in [0.25, 0.3) is 22.7 Å². The molecule has 0 amide bonds. The van der Waals surface area contributed by atoms with Gasteiger partial charge in [-0.3, -0.25) is 4.98 Å². The fourth-order valence-corrected chi connectivity index (χ4v) is 1.86. The predicted octanol–water partition coefficient (Wildman–Crippen LogP) is 3.02. The van der Waals surface area contributed by atoms with Crippen LogP contribution in [-0.2, 0) is 0 Å². The highest BCUT2D eigenvalue weighted by Gasteiger charge is 2.07. The third-order valence-corrected chi connectivity index (χ3v) is 2.78. The Labute approximate surface area is 110 Å². The van der Waals surface area contributed by atoms with Crippen molar-refractivity contribution in [1.82, 2.24) is 15.0 Å². The highest BCUT2D eigenvalue weighted by molar-refractivity contribution is 5.90. The van der Waals surface area contributed by atoms with Gasteiger partial charge in [0.15, 0.2) is 0 Å². The minimum absolute atomic E-state index is 0.502. The van der Waals surface area contributed by atoms with E-state index in [1.165, 1.54) is 0 Å². The van der Waals surface area contributed by atoms with Crippen molar-refractivity contribution in [2.45, 2.75) is 0 Å². The first-order valence-electron chi connectivity index (χ1n) is 5.84. The van der Waals surface area contributed by atoms with Crippen molar-refractivity contribution in [3.8, 4) is 6.07 Å². The summed E-state index contributed by atoms with van der Waals surface area (Å²) < 4.78 is 0. The molecule has 0 aliphatic rings. The molecule has 0 saturated carbocycles. The first kappa shape index (κ1) is 11.2. The summed E-state index contributed by atoms with van der Waals surface area (Å²) in [4.78, 5) is 11.5. The Morgan fingerprint density at radius 2 is 1.95 bits per heavy atom. The number of H-pyrrole nitrogens is 1. The van der Waals surface area contributed by atoms with E-state index in [-0.39, 0.29) is 0 Å². The van der Waals surface area contributed by atoms with Crippen molar-refractivity contribution in [3.05, 3.63) is 60.2 Å². The highest BCUT2D eigenvalue weighted by Crippen LogP contribution is 2.18. The summed E-state index contributed by atoms with van der Waals surface area (Å²) in [6.45, 7) is 0. The number of rotatable bonds is 2. The van der Waals surface area contributed by atoms with Crippen molar-refractivity contribution < 1.29 is 0 Å². The molecule has 3 aromatic rings. The normalized spacial score (nSPS) is 11.4. The number of imidazole rings is 1. The zero-order chi connectivity index (χ0) is 13.1. The molecular weight excluding hydrogens is 236 g/mol. The van der Waals surface area contributed by atoms with Crippen LogP contribution in [-0.4, -0.2) is 15.0 Å². The van der Waals surface area contributed by atoms with Gasteiger partial charge in [0, 0.05) is 12.4 Å². The molecule has 2 aromatic heterocycles. The van der Waals surface area contributed by atoms with Gasteiger partial charge < -0.3 is 4.98 Å². The molecule has 90 valence electrons. The molecule has 1 aromatic carbocycles. The predicted molar refractivity (Wildman–Crippen MR) is 73.8 cm³/mol. The number of hydrogen-bond donors (Lipinski definition) is 1. The summed E-state index contributed by atoms with van der Waals surface area (Å²) in [7, 11) is 0. The quantitative estimate of drug-likeness (QED) is 0.707. The summed E-state index contributed by atoms with van der Waals surface area (Å²) in [5.74, 6) is 0.584. The lowest BCUT2D eigenvalue weighted by Gasteiger charge is -1.94. The van der Waals surface area contributed by atoms with Crippen LogP contribution in [0.15, 0.2) is 48.8 Å². The van der Waals surface area contributed by atoms with Gasteiger partial charge in [0.25, 0.3) is 0 Å². The average molecular weight is 246 g/mol. The number of nitriles is 1. The highest BCUT2D eigenvalue weighted by atomic mass is 14.9. The van der Waals surface area contributed by atoms with Gasteiger partial charge in [-0.2, -0.15) is 5.26 Å². The molecule has 0 atom stereocenters. The maximum atomic E-state index is 9.27. The second kappa shape index (κ2) is 4.75. The second-order valence-corrected chi connectivity index (χ2v) is 4.05. The van der Waals surface area contributed by atoms with Crippen molar-refractivity contribution >= 4 is 22.7 Å².